The number of anilines is 4. The summed E-state index contributed by atoms with van der Waals surface area (Å²) in [6.45, 7) is 3.32. The van der Waals surface area contributed by atoms with Gasteiger partial charge in [-0.05, 0) is 24.7 Å². The molecule has 1 fully saturated rings. The van der Waals surface area contributed by atoms with E-state index in [-0.39, 0.29) is 11.1 Å². The first-order valence-corrected chi connectivity index (χ1v) is 13.2. The van der Waals surface area contributed by atoms with Gasteiger partial charge in [-0.1, -0.05) is 11.3 Å². The number of benzene rings is 1. The van der Waals surface area contributed by atoms with Crippen molar-refractivity contribution in [1.29, 1.82) is 0 Å². The van der Waals surface area contributed by atoms with Crippen molar-refractivity contribution in [2.75, 3.05) is 76.7 Å². The van der Waals surface area contributed by atoms with Gasteiger partial charge in [-0.3, -0.25) is 5.32 Å². The van der Waals surface area contributed by atoms with E-state index < -0.39 is 22.7 Å². The molecule has 1 aliphatic rings. The second kappa shape index (κ2) is 12.2. The number of ether oxygens (including phenoxy) is 3. The smallest absolute Gasteiger partial charge is 0.435 e. The van der Waals surface area contributed by atoms with Gasteiger partial charge in [-0.15, -0.1) is 0 Å². The summed E-state index contributed by atoms with van der Waals surface area (Å²) in [7, 11) is 8.38. The van der Waals surface area contributed by atoms with Crippen LogP contribution in [0, 0.1) is 0 Å². The number of alkyl halides is 3. The summed E-state index contributed by atoms with van der Waals surface area (Å²) in [6, 6.07) is 5.41. The van der Waals surface area contributed by atoms with Gasteiger partial charge in [0.15, 0.2) is 22.3 Å². The van der Waals surface area contributed by atoms with Crippen molar-refractivity contribution in [3.8, 4) is 17.2 Å². The Morgan fingerprint density at radius 2 is 1.68 bits per heavy atom. The number of carboxylic acids is 1. The standard InChI is InChI=1S/C25H30F3N7O5S/c1-33-6-8-35(9-7-33)18-12-17(34(2)13-14-10-15(38-3)19(40-5)16(11-14)39-4)29-23(30-18)32-24-31-21(25(26,27)28)20(41-24)22(36)37/h10-12H,6-9,13H2,1-5H3,(H,36,37)(H,29,30,31,32). The molecule has 1 saturated heterocycles. The maximum Gasteiger partial charge on any atom is 0.435 e. The van der Waals surface area contributed by atoms with Gasteiger partial charge in [0.2, 0.25) is 11.7 Å². The van der Waals surface area contributed by atoms with E-state index in [1.807, 2.05) is 11.9 Å². The molecule has 0 saturated carbocycles. The monoisotopic (exact) mass is 597 g/mol. The highest BCUT2D eigenvalue weighted by atomic mass is 32.1. The number of thiazole rings is 1. The Kier molecular flexibility index (Phi) is 8.92. The van der Waals surface area contributed by atoms with Crippen molar-refractivity contribution in [2.45, 2.75) is 12.7 Å². The van der Waals surface area contributed by atoms with Gasteiger partial charge in [0.25, 0.3) is 0 Å². The van der Waals surface area contributed by atoms with Gasteiger partial charge >= 0.3 is 12.1 Å². The van der Waals surface area contributed by atoms with Gasteiger partial charge < -0.3 is 34.0 Å². The number of carboxylic acid groups (broad SMARTS) is 1. The third-order valence-corrected chi connectivity index (χ3v) is 7.33. The molecule has 3 heterocycles. The fraction of sp³-hybridized carbons (Fsp3) is 0.440. The molecule has 2 aromatic heterocycles. The van der Waals surface area contributed by atoms with Crippen molar-refractivity contribution in [1.82, 2.24) is 19.9 Å². The first kappa shape index (κ1) is 29.9. The van der Waals surface area contributed by atoms with Gasteiger partial charge in [0.05, 0.1) is 21.3 Å². The molecule has 1 aromatic carbocycles. The van der Waals surface area contributed by atoms with Crippen LogP contribution in [0.15, 0.2) is 18.2 Å². The predicted octanol–water partition coefficient (Wildman–Crippen LogP) is 3.81. The molecule has 0 bridgehead atoms. The Balaban J connectivity index is 1.70. The lowest BCUT2D eigenvalue weighted by molar-refractivity contribution is -0.141. The van der Waals surface area contributed by atoms with Gasteiger partial charge in [-0.2, -0.15) is 23.1 Å². The summed E-state index contributed by atoms with van der Waals surface area (Å²) in [6.07, 6.45) is -4.93. The zero-order chi connectivity index (χ0) is 29.9. The van der Waals surface area contributed by atoms with E-state index in [0.29, 0.717) is 59.9 Å². The minimum Gasteiger partial charge on any atom is -0.493 e. The SMILES string of the molecule is COc1cc(CN(C)c2cc(N3CCN(C)CC3)nc(Nc3nc(C(F)(F)F)c(C(=O)O)s3)n2)cc(OC)c1OC. The van der Waals surface area contributed by atoms with E-state index in [1.165, 1.54) is 21.3 Å². The number of nitrogens with one attached hydrogen (secondary N) is 1. The number of rotatable bonds is 10. The summed E-state index contributed by atoms with van der Waals surface area (Å²) in [5, 5.41) is 11.7. The second-order valence-corrected chi connectivity index (χ2v) is 10.2. The summed E-state index contributed by atoms with van der Waals surface area (Å²) >= 11 is 0.364. The van der Waals surface area contributed by atoms with Crippen LogP contribution in [0.5, 0.6) is 17.2 Å². The molecule has 0 amide bonds. The van der Waals surface area contributed by atoms with Crippen LogP contribution >= 0.6 is 11.3 Å². The molecule has 0 spiro atoms. The van der Waals surface area contributed by atoms with Crippen LogP contribution < -0.4 is 29.3 Å². The molecule has 3 aromatic rings. The summed E-state index contributed by atoms with van der Waals surface area (Å²) < 4.78 is 56.5. The third kappa shape index (κ3) is 6.82. The Morgan fingerprint density at radius 3 is 2.20 bits per heavy atom. The lowest BCUT2D eigenvalue weighted by Gasteiger charge is -2.33. The molecule has 0 unspecified atom stereocenters. The number of halogens is 3. The third-order valence-electron chi connectivity index (χ3n) is 6.37. The fourth-order valence-corrected chi connectivity index (χ4v) is 5.08. The van der Waals surface area contributed by atoms with E-state index in [9.17, 15) is 23.1 Å². The molecule has 2 N–H and O–H groups in total. The highest BCUT2D eigenvalue weighted by molar-refractivity contribution is 7.17. The van der Waals surface area contributed by atoms with Crippen LogP contribution in [0.3, 0.4) is 0 Å². The number of aromatic carboxylic acids is 1. The Hall–Kier alpha value is -4.05. The maximum atomic E-state index is 13.4. The van der Waals surface area contributed by atoms with E-state index >= 15 is 0 Å². The second-order valence-electron chi connectivity index (χ2n) is 9.21. The zero-order valence-electron chi connectivity index (χ0n) is 23.1. The minimum absolute atomic E-state index is 0.0208. The first-order chi connectivity index (χ1) is 19.4. The molecule has 41 heavy (non-hydrogen) atoms. The van der Waals surface area contributed by atoms with Crippen LogP contribution in [0.25, 0.3) is 0 Å². The Labute approximate surface area is 238 Å². The van der Waals surface area contributed by atoms with Gasteiger partial charge in [0, 0.05) is 45.8 Å². The quantitative estimate of drug-likeness (QED) is 0.353. The number of nitrogens with zero attached hydrogens (tertiary/aromatic N) is 6. The number of piperazine rings is 1. The van der Waals surface area contributed by atoms with Crippen LogP contribution in [-0.4, -0.2) is 92.5 Å². The molecule has 1 aliphatic heterocycles. The maximum absolute atomic E-state index is 13.4. The van der Waals surface area contributed by atoms with Crippen LogP contribution in [0.4, 0.5) is 35.9 Å². The Bertz CT molecular complexity index is 1370. The number of aromatic nitrogens is 3. The fourth-order valence-electron chi connectivity index (χ4n) is 4.26. The molecule has 0 atom stereocenters. The average Bonchev–Trinajstić information content (AvgIpc) is 3.37. The topological polar surface area (TPSA) is 125 Å². The highest BCUT2D eigenvalue weighted by Gasteiger charge is 2.40. The molecule has 16 heteroatoms. The van der Waals surface area contributed by atoms with Crippen LogP contribution in [0.2, 0.25) is 0 Å². The molecule has 0 radical (unpaired) electrons. The minimum atomic E-state index is -4.93. The number of hydrogen-bond acceptors (Lipinski definition) is 12. The van der Waals surface area contributed by atoms with E-state index in [4.69, 9.17) is 14.2 Å². The number of carbonyl (C=O) groups is 1. The molecule has 4 rings (SSSR count). The zero-order valence-corrected chi connectivity index (χ0v) is 23.9. The summed E-state index contributed by atoms with van der Waals surface area (Å²) in [5.74, 6) is 0.710. The van der Waals surface area contributed by atoms with Crippen molar-refractivity contribution in [3.63, 3.8) is 0 Å². The van der Waals surface area contributed by atoms with Crippen molar-refractivity contribution in [2.24, 2.45) is 0 Å². The van der Waals surface area contributed by atoms with Gasteiger partial charge in [-0.25, -0.2) is 9.78 Å². The lowest BCUT2D eigenvalue weighted by atomic mass is 10.1. The number of likely N-dealkylation sites (N-methyl/N-ethyl adjacent to an activating group) is 1. The largest absolute Gasteiger partial charge is 0.493 e. The number of hydrogen-bond donors (Lipinski definition) is 2. The molecule has 222 valence electrons. The highest BCUT2D eigenvalue weighted by Crippen LogP contribution is 2.39. The number of methoxy groups -OCH3 is 3. The summed E-state index contributed by atoms with van der Waals surface area (Å²) in [4.78, 5) is 29.1. The van der Waals surface area contributed by atoms with E-state index in [1.54, 1.807) is 25.2 Å². The molecular formula is C25H30F3N7O5S. The van der Waals surface area contributed by atoms with E-state index in [2.05, 4.69) is 30.1 Å². The summed E-state index contributed by atoms with van der Waals surface area (Å²) in [5.41, 5.74) is -0.662. The average molecular weight is 598 g/mol. The molecular weight excluding hydrogens is 567 g/mol. The van der Waals surface area contributed by atoms with Gasteiger partial charge in [0.1, 0.15) is 16.5 Å². The first-order valence-electron chi connectivity index (χ1n) is 12.3. The Morgan fingerprint density at radius 1 is 1.05 bits per heavy atom. The predicted molar refractivity (Wildman–Crippen MR) is 147 cm³/mol. The normalized spacial score (nSPS) is 14.1. The molecule has 0 aliphatic carbocycles. The lowest BCUT2D eigenvalue weighted by Crippen LogP contribution is -2.45. The van der Waals surface area contributed by atoms with E-state index in [0.717, 1.165) is 18.7 Å². The van der Waals surface area contributed by atoms with Crippen LogP contribution in [-0.2, 0) is 12.7 Å². The van der Waals surface area contributed by atoms with Crippen molar-refractivity contribution in [3.05, 3.63) is 34.3 Å². The molecule has 12 nitrogen and oxygen atoms in total. The van der Waals surface area contributed by atoms with Crippen LogP contribution in [0.1, 0.15) is 20.9 Å². The van der Waals surface area contributed by atoms with Crippen molar-refractivity contribution < 1.29 is 37.3 Å². The van der Waals surface area contributed by atoms with Crippen molar-refractivity contribution >= 4 is 40.0 Å².